The summed E-state index contributed by atoms with van der Waals surface area (Å²) in [7, 11) is 3.47. The first-order chi connectivity index (χ1) is 17.9. The van der Waals surface area contributed by atoms with Gasteiger partial charge in [-0.15, -0.1) is 0 Å². The van der Waals surface area contributed by atoms with Gasteiger partial charge in [-0.2, -0.15) is 0 Å². The Morgan fingerprint density at radius 1 is 1.14 bits per heavy atom. The van der Waals surface area contributed by atoms with E-state index < -0.39 is 6.10 Å². The molecule has 0 amide bonds. The van der Waals surface area contributed by atoms with Gasteiger partial charge in [-0.05, 0) is 42.8 Å². The zero-order valence-electron chi connectivity index (χ0n) is 21.5. The van der Waals surface area contributed by atoms with Gasteiger partial charge in [0.15, 0.2) is 0 Å². The van der Waals surface area contributed by atoms with Crippen LogP contribution in [0.5, 0.6) is 11.6 Å². The summed E-state index contributed by atoms with van der Waals surface area (Å²) >= 11 is 6.21. The molecule has 4 rings (SSSR count). The summed E-state index contributed by atoms with van der Waals surface area (Å²) in [6.45, 7) is 4.40. The number of anilines is 2. The molecule has 3 N–H and O–H groups in total. The Hall–Kier alpha value is -3.04. The van der Waals surface area contributed by atoms with Crippen LogP contribution in [0.1, 0.15) is 30.2 Å². The van der Waals surface area contributed by atoms with Gasteiger partial charge in [-0.1, -0.05) is 23.7 Å². The predicted molar refractivity (Wildman–Crippen MR) is 147 cm³/mol. The van der Waals surface area contributed by atoms with E-state index in [0.717, 1.165) is 35.6 Å². The zero-order chi connectivity index (χ0) is 26.4. The van der Waals surface area contributed by atoms with Crippen molar-refractivity contribution in [1.29, 1.82) is 0 Å². The molecular formula is C28H35ClN4O4. The molecule has 2 heterocycles. The Balaban J connectivity index is 1.62. The number of methoxy groups -OCH3 is 1. The number of nitrogens with zero attached hydrogens (tertiary/aromatic N) is 3. The molecule has 37 heavy (non-hydrogen) atoms. The van der Waals surface area contributed by atoms with Gasteiger partial charge in [0, 0.05) is 61.6 Å². The number of piperazine rings is 1. The Morgan fingerprint density at radius 3 is 2.57 bits per heavy atom. The summed E-state index contributed by atoms with van der Waals surface area (Å²) in [5, 5.41) is 24.1. The number of aliphatic hydroxyl groups is 2. The van der Waals surface area contributed by atoms with Crippen molar-refractivity contribution in [3.05, 3.63) is 76.9 Å². The first-order valence-electron chi connectivity index (χ1n) is 12.4. The minimum Gasteiger partial charge on any atom is -0.491 e. The van der Waals surface area contributed by atoms with E-state index in [1.807, 2.05) is 37.4 Å². The first kappa shape index (κ1) is 27.0. The lowest BCUT2D eigenvalue weighted by molar-refractivity contribution is 0.0913. The number of aromatic nitrogens is 1. The molecule has 1 aromatic heterocycles. The molecule has 2 aromatic carbocycles. The minimum atomic E-state index is -0.668. The largest absolute Gasteiger partial charge is 0.491 e. The van der Waals surface area contributed by atoms with E-state index in [4.69, 9.17) is 26.2 Å². The maximum Gasteiger partial charge on any atom is 0.212 e. The lowest BCUT2D eigenvalue weighted by Crippen LogP contribution is -2.54. The Bertz CT molecular complexity index is 1150. The van der Waals surface area contributed by atoms with Crippen molar-refractivity contribution in [3.63, 3.8) is 0 Å². The summed E-state index contributed by atoms with van der Waals surface area (Å²) in [5.74, 6) is 1.22. The van der Waals surface area contributed by atoms with Crippen molar-refractivity contribution >= 4 is 23.0 Å². The summed E-state index contributed by atoms with van der Waals surface area (Å²) in [4.78, 5) is 8.96. The van der Waals surface area contributed by atoms with Gasteiger partial charge in [-0.25, -0.2) is 4.98 Å². The van der Waals surface area contributed by atoms with Crippen molar-refractivity contribution in [2.75, 3.05) is 57.2 Å². The Labute approximate surface area is 223 Å². The SMILES string of the molecule is CNc1cc(OCCO)ccc1N1C(C)CN(CC(O)c2ccc(OC)nc2)C[C@H]1c1ccc(Cl)cc1. The maximum atomic E-state index is 11.0. The van der Waals surface area contributed by atoms with Crippen LogP contribution in [0.2, 0.25) is 5.02 Å². The van der Waals surface area contributed by atoms with Crippen molar-refractivity contribution in [2.24, 2.45) is 0 Å². The van der Waals surface area contributed by atoms with E-state index in [9.17, 15) is 5.11 Å². The number of benzene rings is 2. The van der Waals surface area contributed by atoms with Gasteiger partial charge in [0.1, 0.15) is 12.4 Å². The van der Waals surface area contributed by atoms with Crippen LogP contribution in [0.4, 0.5) is 11.4 Å². The van der Waals surface area contributed by atoms with E-state index in [1.54, 1.807) is 19.4 Å². The number of ether oxygens (including phenoxy) is 2. The average molecular weight is 527 g/mol. The highest BCUT2D eigenvalue weighted by atomic mass is 35.5. The van der Waals surface area contributed by atoms with Crippen LogP contribution in [0, 0.1) is 0 Å². The predicted octanol–water partition coefficient (Wildman–Crippen LogP) is 4.14. The number of hydrogen-bond donors (Lipinski definition) is 3. The van der Waals surface area contributed by atoms with Gasteiger partial charge >= 0.3 is 0 Å². The normalized spacial score (nSPS) is 18.9. The maximum absolute atomic E-state index is 11.0. The quantitative estimate of drug-likeness (QED) is 0.363. The molecule has 3 atom stereocenters. The average Bonchev–Trinajstić information content (AvgIpc) is 2.92. The third kappa shape index (κ3) is 6.45. The lowest BCUT2D eigenvalue weighted by atomic mass is 9.97. The van der Waals surface area contributed by atoms with Gasteiger partial charge in [-0.3, -0.25) is 4.90 Å². The van der Waals surface area contributed by atoms with Crippen LogP contribution >= 0.6 is 11.6 Å². The molecule has 0 saturated carbocycles. The molecule has 1 aliphatic heterocycles. The molecule has 2 unspecified atom stereocenters. The molecule has 198 valence electrons. The van der Waals surface area contributed by atoms with Crippen LogP contribution in [-0.4, -0.2) is 73.1 Å². The lowest BCUT2D eigenvalue weighted by Gasteiger charge is -2.48. The van der Waals surface area contributed by atoms with Crippen molar-refractivity contribution in [2.45, 2.75) is 25.1 Å². The number of aliphatic hydroxyl groups excluding tert-OH is 2. The first-order valence-corrected chi connectivity index (χ1v) is 12.8. The number of nitrogens with one attached hydrogen (secondary N) is 1. The third-order valence-corrected chi connectivity index (χ3v) is 6.93. The molecule has 0 aliphatic carbocycles. The number of hydrogen-bond acceptors (Lipinski definition) is 8. The molecular weight excluding hydrogens is 492 g/mol. The minimum absolute atomic E-state index is 0.0264. The van der Waals surface area contributed by atoms with Crippen molar-refractivity contribution in [1.82, 2.24) is 9.88 Å². The number of pyridine rings is 1. The van der Waals surface area contributed by atoms with E-state index in [1.165, 1.54) is 0 Å². The standard InChI is InChI=1S/C28H35ClN4O4/c1-19-16-32(18-27(35)21-6-11-28(36-3)31-15-21)17-26(20-4-7-22(29)8-5-20)33(19)25-10-9-23(37-13-12-34)14-24(25)30-2/h4-11,14-15,19,26-27,30,34-35H,12-13,16-18H2,1-3H3/t19?,26-,27?/m0/s1. The van der Waals surface area contributed by atoms with Gasteiger partial charge in [0.05, 0.1) is 37.2 Å². The number of β-amino-alcohol motifs (C(OH)–C–C–N with tert-alkyl or cyclic N) is 1. The molecule has 0 radical (unpaired) electrons. The van der Waals surface area contributed by atoms with Crippen LogP contribution in [0.3, 0.4) is 0 Å². The fourth-order valence-electron chi connectivity index (χ4n) is 4.93. The molecule has 0 spiro atoms. The third-order valence-electron chi connectivity index (χ3n) is 6.68. The molecule has 1 saturated heterocycles. The molecule has 8 nitrogen and oxygen atoms in total. The van der Waals surface area contributed by atoms with Crippen LogP contribution in [0.25, 0.3) is 0 Å². The van der Waals surface area contributed by atoms with Crippen LogP contribution in [0.15, 0.2) is 60.8 Å². The van der Waals surface area contributed by atoms with Crippen LogP contribution < -0.4 is 19.7 Å². The summed E-state index contributed by atoms with van der Waals surface area (Å²) in [5.41, 5.74) is 3.91. The number of halogens is 1. The van der Waals surface area contributed by atoms with E-state index in [2.05, 4.69) is 45.2 Å². The zero-order valence-corrected chi connectivity index (χ0v) is 22.2. The highest BCUT2D eigenvalue weighted by Gasteiger charge is 2.35. The second-order valence-corrected chi connectivity index (χ2v) is 9.63. The Kier molecular flexibility index (Phi) is 9.10. The van der Waals surface area contributed by atoms with E-state index in [-0.39, 0.29) is 25.3 Å². The highest BCUT2D eigenvalue weighted by molar-refractivity contribution is 6.30. The summed E-state index contributed by atoms with van der Waals surface area (Å²) in [6, 6.07) is 17.7. The summed E-state index contributed by atoms with van der Waals surface area (Å²) in [6.07, 6.45) is 0.998. The fourth-order valence-corrected chi connectivity index (χ4v) is 5.06. The fraction of sp³-hybridized carbons (Fsp3) is 0.393. The molecule has 3 aromatic rings. The molecule has 9 heteroatoms. The van der Waals surface area contributed by atoms with Gasteiger partial charge in [0.2, 0.25) is 5.88 Å². The highest BCUT2D eigenvalue weighted by Crippen LogP contribution is 2.40. The van der Waals surface area contributed by atoms with Crippen LogP contribution in [-0.2, 0) is 0 Å². The summed E-state index contributed by atoms with van der Waals surface area (Å²) < 4.78 is 10.8. The van der Waals surface area contributed by atoms with E-state index >= 15 is 0 Å². The van der Waals surface area contributed by atoms with E-state index in [0.29, 0.717) is 23.2 Å². The molecule has 1 aliphatic rings. The smallest absolute Gasteiger partial charge is 0.212 e. The van der Waals surface area contributed by atoms with Crippen molar-refractivity contribution in [3.8, 4) is 11.6 Å². The molecule has 1 fully saturated rings. The Morgan fingerprint density at radius 2 is 1.92 bits per heavy atom. The van der Waals surface area contributed by atoms with Gasteiger partial charge in [0.25, 0.3) is 0 Å². The second-order valence-electron chi connectivity index (χ2n) is 9.19. The second kappa shape index (κ2) is 12.5. The van der Waals surface area contributed by atoms with Gasteiger partial charge < -0.3 is 29.9 Å². The topological polar surface area (TPSA) is 90.3 Å². The molecule has 0 bridgehead atoms. The number of rotatable bonds is 10. The monoisotopic (exact) mass is 526 g/mol. The van der Waals surface area contributed by atoms with Crippen molar-refractivity contribution < 1.29 is 19.7 Å².